The summed E-state index contributed by atoms with van der Waals surface area (Å²) in [6, 6.07) is 11.2. The standard InChI is InChI=1S/C26H34N4O4/c1-4-18-14-20(22(32)15-21(18)31)25-23(24(28-34-25)26(33)27-5-2)19-8-6-17(7-9-19)16-30-12-10-29(3)11-13-30/h6-9,14-15,26-27,31-33H,4-5,10-13,16H2,1-3H3. The lowest BCUT2D eigenvalue weighted by molar-refractivity contribution is 0.133. The van der Waals surface area contributed by atoms with E-state index in [4.69, 9.17) is 4.52 Å². The van der Waals surface area contributed by atoms with E-state index in [1.807, 2.05) is 26.0 Å². The lowest BCUT2D eigenvalue weighted by Gasteiger charge is -2.32. The molecule has 1 fully saturated rings. The first kappa shape index (κ1) is 24.2. The van der Waals surface area contributed by atoms with Gasteiger partial charge in [-0.25, -0.2) is 0 Å². The van der Waals surface area contributed by atoms with E-state index in [0.717, 1.165) is 38.3 Å². The Balaban J connectivity index is 1.71. The Bertz CT molecular complexity index is 1100. The van der Waals surface area contributed by atoms with Gasteiger partial charge in [0.2, 0.25) is 0 Å². The zero-order valence-electron chi connectivity index (χ0n) is 20.1. The lowest BCUT2D eigenvalue weighted by atomic mass is 9.95. The van der Waals surface area contributed by atoms with Crippen LogP contribution >= 0.6 is 0 Å². The fourth-order valence-electron chi connectivity index (χ4n) is 4.37. The number of phenolic OH excluding ortho intramolecular Hbond substituents is 2. The van der Waals surface area contributed by atoms with Gasteiger partial charge in [-0.15, -0.1) is 0 Å². The Morgan fingerprint density at radius 1 is 1.03 bits per heavy atom. The number of aryl methyl sites for hydroxylation is 1. The van der Waals surface area contributed by atoms with Crippen molar-refractivity contribution in [2.24, 2.45) is 0 Å². The van der Waals surface area contributed by atoms with Crippen LogP contribution in [0, 0.1) is 0 Å². The van der Waals surface area contributed by atoms with Crippen LogP contribution in [0.3, 0.4) is 0 Å². The summed E-state index contributed by atoms with van der Waals surface area (Å²) in [7, 11) is 2.15. The van der Waals surface area contributed by atoms with Gasteiger partial charge in [-0.3, -0.25) is 10.2 Å². The maximum Gasteiger partial charge on any atom is 0.178 e. The number of aliphatic hydroxyl groups excluding tert-OH is 1. The van der Waals surface area contributed by atoms with Gasteiger partial charge in [-0.2, -0.15) is 0 Å². The maximum atomic E-state index is 10.7. The van der Waals surface area contributed by atoms with E-state index >= 15 is 0 Å². The van der Waals surface area contributed by atoms with Crippen molar-refractivity contribution < 1.29 is 19.8 Å². The number of aliphatic hydroxyl groups is 1. The molecule has 0 aliphatic carbocycles. The average Bonchev–Trinajstić information content (AvgIpc) is 3.26. The van der Waals surface area contributed by atoms with Gasteiger partial charge in [0.15, 0.2) is 12.0 Å². The van der Waals surface area contributed by atoms with Crippen molar-refractivity contribution in [2.45, 2.75) is 33.0 Å². The van der Waals surface area contributed by atoms with Crippen molar-refractivity contribution in [1.82, 2.24) is 20.3 Å². The average molecular weight is 467 g/mol. The number of rotatable bonds is 8. The van der Waals surface area contributed by atoms with Crippen LogP contribution in [0.1, 0.15) is 36.9 Å². The van der Waals surface area contributed by atoms with Crippen LogP contribution in [0.15, 0.2) is 40.9 Å². The molecule has 3 aromatic rings. The van der Waals surface area contributed by atoms with Crippen molar-refractivity contribution in [3.05, 3.63) is 53.2 Å². The zero-order valence-corrected chi connectivity index (χ0v) is 20.1. The van der Waals surface area contributed by atoms with Crippen LogP contribution in [-0.4, -0.2) is 70.0 Å². The van der Waals surface area contributed by atoms with E-state index in [1.165, 1.54) is 11.6 Å². The fourth-order valence-corrected chi connectivity index (χ4v) is 4.37. The molecule has 0 radical (unpaired) electrons. The van der Waals surface area contributed by atoms with Crippen molar-refractivity contribution in [2.75, 3.05) is 39.8 Å². The fraction of sp³-hybridized carbons (Fsp3) is 0.423. The molecule has 0 saturated carbocycles. The molecule has 1 aliphatic heterocycles. The molecule has 4 N–H and O–H groups in total. The molecule has 0 bridgehead atoms. The van der Waals surface area contributed by atoms with Gasteiger partial charge < -0.3 is 24.7 Å². The third-order valence-electron chi connectivity index (χ3n) is 6.44. The summed E-state index contributed by atoms with van der Waals surface area (Å²) in [5, 5.41) is 38.5. The summed E-state index contributed by atoms with van der Waals surface area (Å²) in [4.78, 5) is 4.79. The third kappa shape index (κ3) is 5.10. The zero-order chi connectivity index (χ0) is 24.2. The summed E-state index contributed by atoms with van der Waals surface area (Å²) in [6.07, 6.45) is -0.427. The second-order valence-corrected chi connectivity index (χ2v) is 8.86. The van der Waals surface area contributed by atoms with Crippen LogP contribution in [0.25, 0.3) is 22.5 Å². The van der Waals surface area contributed by atoms with Crippen molar-refractivity contribution >= 4 is 0 Å². The topological polar surface area (TPSA) is 105 Å². The molecule has 0 spiro atoms. The van der Waals surface area contributed by atoms with Gasteiger partial charge in [-0.1, -0.05) is 43.3 Å². The highest BCUT2D eigenvalue weighted by molar-refractivity contribution is 5.84. The molecule has 4 rings (SSSR count). The highest BCUT2D eigenvalue weighted by atomic mass is 16.5. The number of piperazine rings is 1. The predicted molar refractivity (Wildman–Crippen MR) is 131 cm³/mol. The minimum absolute atomic E-state index is 0.0333. The lowest BCUT2D eigenvalue weighted by Crippen LogP contribution is -2.43. The Morgan fingerprint density at radius 3 is 2.38 bits per heavy atom. The second kappa shape index (κ2) is 10.6. The van der Waals surface area contributed by atoms with Crippen molar-refractivity contribution in [1.29, 1.82) is 0 Å². The minimum atomic E-state index is -1.02. The number of nitrogens with one attached hydrogen (secondary N) is 1. The molecule has 34 heavy (non-hydrogen) atoms. The van der Waals surface area contributed by atoms with Gasteiger partial charge in [0.05, 0.1) is 11.1 Å². The Hall–Kier alpha value is -2.91. The number of aromatic nitrogens is 1. The third-order valence-corrected chi connectivity index (χ3v) is 6.44. The van der Waals surface area contributed by atoms with Crippen LogP contribution in [0.2, 0.25) is 0 Å². The van der Waals surface area contributed by atoms with E-state index in [2.05, 4.69) is 39.5 Å². The number of hydrogen-bond donors (Lipinski definition) is 4. The Kier molecular flexibility index (Phi) is 7.53. The van der Waals surface area contributed by atoms with Crippen LogP contribution in [-0.2, 0) is 13.0 Å². The number of phenols is 2. The highest BCUT2D eigenvalue weighted by Crippen LogP contribution is 2.42. The van der Waals surface area contributed by atoms with Gasteiger partial charge in [0.1, 0.15) is 17.2 Å². The molecule has 8 nitrogen and oxygen atoms in total. The van der Waals surface area contributed by atoms with Gasteiger partial charge in [0.25, 0.3) is 0 Å². The van der Waals surface area contributed by atoms with Crippen LogP contribution < -0.4 is 5.32 Å². The normalized spacial score (nSPS) is 16.1. The smallest absolute Gasteiger partial charge is 0.178 e. The predicted octanol–water partition coefficient (Wildman–Crippen LogP) is 3.33. The Labute approximate surface area is 200 Å². The highest BCUT2D eigenvalue weighted by Gasteiger charge is 2.26. The molecule has 2 heterocycles. The minimum Gasteiger partial charge on any atom is -0.508 e. The summed E-state index contributed by atoms with van der Waals surface area (Å²) >= 11 is 0. The van der Waals surface area contributed by atoms with E-state index in [-0.39, 0.29) is 11.5 Å². The summed E-state index contributed by atoms with van der Waals surface area (Å²) in [5.74, 6) is 0.278. The van der Waals surface area contributed by atoms with E-state index < -0.39 is 6.23 Å². The van der Waals surface area contributed by atoms with Gasteiger partial charge >= 0.3 is 0 Å². The monoisotopic (exact) mass is 466 g/mol. The van der Waals surface area contributed by atoms with Crippen LogP contribution in [0.5, 0.6) is 11.5 Å². The Morgan fingerprint density at radius 2 is 1.74 bits per heavy atom. The van der Waals surface area contributed by atoms with Gasteiger partial charge in [-0.05, 0) is 42.8 Å². The summed E-state index contributed by atoms with van der Waals surface area (Å²) < 4.78 is 5.68. The number of benzene rings is 2. The summed E-state index contributed by atoms with van der Waals surface area (Å²) in [6.45, 7) is 9.51. The van der Waals surface area contributed by atoms with Crippen LogP contribution in [0.4, 0.5) is 0 Å². The summed E-state index contributed by atoms with van der Waals surface area (Å²) in [5.41, 5.74) is 4.12. The number of aromatic hydroxyl groups is 2. The molecule has 1 atom stereocenters. The quantitative estimate of drug-likeness (QED) is 0.375. The number of likely N-dealkylation sites (N-methyl/N-ethyl adjacent to an activating group) is 1. The molecule has 1 saturated heterocycles. The first-order valence-corrected chi connectivity index (χ1v) is 11.9. The van der Waals surface area contributed by atoms with E-state index in [1.54, 1.807) is 6.07 Å². The molecule has 1 unspecified atom stereocenters. The van der Waals surface area contributed by atoms with Crippen molar-refractivity contribution in [3.63, 3.8) is 0 Å². The number of nitrogens with zero attached hydrogens (tertiary/aromatic N) is 3. The molecule has 2 aromatic carbocycles. The molecule has 1 aromatic heterocycles. The molecular weight excluding hydrogens is 432 g/mol. The first-order valence-electron chi connectivity index (χ1n) is 11.9. The molecule has 1 aliphatic rings. The first-order chi connectivity index (χ1) is 16.4. The number of hydrogen-bond acceptors (Lipinski definition) is 8. The molecule has 8 heteroatoms. The second-order valence-electron chi connectivity index (χ2n) is 8.86. The molecule has 182 valence electrons. The van der Waals surface area contributed by atoms with Gasteiger partial charge in [0, 0.05) is 38.8 Å². The van der Waals surface area contributed by atoms with E-state index in [9.17, 15) is 15.3 Å². The van der Waals surface area contributed by atoms with E-state index in [0.29, 0.717) is 41.1 Å². The van der Waals surface area contributed by atoms with Crippen molar-refractivity contribution in [3.8, 4) is 33.9 Å². The SMILES string of the molecule is CCNC(O)c1noc(-c2cc(CC)c(O)cc2O)c1-c1ccc(CN2CCN(C)CC2)cc1. The largest absolute Gasteiger partial charge is 0.508 e. The molecule has 0 amide bonds. The molecular formula is C26H34N4O4. The maximum absolute atomic E-state index is 10.7.